The largest absolute Gasteiger partial charge is 0.497 e. The minimum atomic E-state index is -0.304. The lowest BCUT2D eigenvalue weighted by molar-refractivity contribution is -0.136. The minimum absolute atomic E-state index is 0.160. The molecule has 1 aromatic carbocycles. The van der Waals surface area contributed by atoms with E-state index in [-0.39, 0.29) is 11.9 Å². The summed E-state index contributed by atoms with van der Waals surface area (Å²) in [4.78, 5) is 12.0. The van der Waals surface area contributed by atoms with Gasteiger partial charge >= 0.3 is 5.97 Å². The van der Waals surface area contributed by atoms with Crippen LogP contribution in [-0.2, 0) is 9.53 Å². The number of carbonyl (C=O) groups is 1. The summed E-state index contributed by atoms with van der Waals surface area (Å²) in [6, 6.07) is 5.61. The molecule has 2 rings (SSSR count). The Morgan fingerprint density at radius 2 is 1.95 bits per heavy atom. The molecule has 4 heteroatoms. The van der Waals surface area contributed by atoms with E-state index in [9.17, 15) is 4.79 Å². The fourth-order valence-electron chi connectivity index (χ4n) is 2.50. The van der Waals surface area contributed by atoms with E-state index in [0.29, 0.717) is 11.3 Å². The van der Waals surface area contributed by atoms with Crippen LogP contribution in [0.15, 0.2) is 41.5 Å². The smallest absolute Gasteiger partial charge is 0.334 e. The first-order chi connectivity index (χ1) is 10.1. The van der Waals surface area contributed by atoms with E-state index in [2.05, 4.69) is 6.08 Å². The van der Waals surface area contributed by atoms with Crippen molar-refractivity contribution in [2.45, 2.75) is 19.3 Å². The molecule has 21 heavy (non-hydrogen) atoms. The maximum Gasteiger partial charge on any atom is 0.334 e. The molecule has 1 aliphatic rings. The number of esters is 1. The molecule has 1 aliphatic carbocycles. The van der Waals surface area contributed by atoms with Gasteiger partial charge in [0.2, 0.25) is 0 Å². The standard InChI is InChI=1S/C17H20O4/c1-11-5-7-14(17(18)21-4)15(9-11)13-8-6-12(19-2)10-16(13)20-3/h6-10,15H,5H2,1-4H3. The predicted octanol–water partition coefficient (Wildman–Crippen LogP) is 3.24. The second-order valence-corrected chi connectivity index (χ2v) is 4.95. The van der Waals surface area contributed by atoms with Crippen molar-refractivity contribution < 1.29 is 19.0 Å². The SMILES string of the molecule is COC(=O)C1=CCC(C)=CC1c1ccc(OC)cc1OC. The van der Waals surface area contributed by atoms with Gasteiger partial charge in [-0.1, -0.05) is 23.8 Å². The summed E-state index contributed by atoms with van der Waals surface area (Å²) < 4.78 is 15.6. The van der Waals surface area contributed by atoms with Crippen LogP contribution in [0, 0.1) is 0 Å². The first kappa shape index (κ1) is 15.2. The fraction of sp³-hybridized carbons (Fsp3) is 0.353. The highest BCUT2D eigenvalue weighted by molar-refractivity contribution is 5.91. The lowest BCUT2D eigenvalue weighted by Crippen LogP contribution is -2.15. The third kappa shape index (κ3) is 3.10. The molecule has 0 heterocycles. The first-order valence-corrected chi connectivity index (χ1v) is 6.78. The van der Waals surface area contributed by atoms with Gasteiger partial charge in [-0.2, -0.15) is 0 Å². The number of ether oxygens (including phenoxy) is 3. The molecular weight excluding hydrogens is 268 g/mol. The Kier molecular flexibility index (Phi) is 4.68. The fourth-order valence-corrected chi connectivity index (χ4v) is 2.50. The maximum atomic E-state index is 12.0. The highest BCUT2D eigenvalue weighted by atomic mass is 16.5. The molecule has 0 saturated heterocycles. The van der Waals surface area contributed by atoms with Crippen molar-refractivity contribution in [1.82, 2.24) is 0 Å². The van der Waals surface area contributed by atoms with E-state index in [1.807, 2.05) is 31.2 Å². The van der Waals surface area contributed by atoms with Gasteiger partial charge < -0.3 is 14.2 Å². The van der Waals surface area contributed by atoms with Gasteiger partial charge in [-0.3, -0.25) is 0 Å². The van der Waals surface area contributed by atoms with Crippen LogP contribution in [0.1, 0.15) is 24.8 Å². The zero-order valence-corrected chi connectivity index (χ0v) is 12.8. The summed E-state index contributed by atoms with van der Waals surface area (Å²) in [6.45, 7) is 2.05. The average molecular weight is 288 g/mol. The molecule has 0 aliphatic heterocycles. The maximum absolute atomic E-state index is 12.0. The third-order valence-corrected chi connectivity index (χ3v) is 3.63. The molecule has 1 aromatic rings. The van der Waals surface area contributed by atoms with Gasteiger partial charge in [0.1, 0.15) is 11.5 Å². The van der Waals surface area contributed by atoms with Gasteiger partial charge in [-0.25, -0.2) is 4.79 Å². The predicted molar refractivity (Wildman–Crippen MR) is 80.8 cm³/mol. The number of benzene rings is 1. The number of allylic oxidation sites excluding steroid dienone is 3. The van der Waals surface area contributed by atoms with Crippen molar-refractivity contribution in [3.8, 4) is 11.5 Å². The Balaban J connectivity index is 2.48. The summed E-state index contributed by atoms with van der Waals surface area (Å²) >= 11 is 0. The number of hydrogen-bond donors (Lipinski definition) is 0. The number of rotatable bonds is 4. The summed E-state index contributed by atoms with van der Waals surface area (Å²) in [5.41, 5.74) is 2.78. The van der Waals surface area contributed by atoms with Crippen LogP contribution >= 0.6 is 0 Å². The van der Waals surface area contributed by atoms with Crippen LogP contribution < -0.4 is 9.47 Å². The topological polar surface area (TPSA) is 44.8 Å². The average Bonchev–Trinajstić information content (AvgIpc) is 2.53. The zero-order valence-electron chi connectivity index (χ0n) is 12.8. The van der Waals surface area contributed by atoms with Crippen LogP contribution in [0.4, 0.5) is 0 Å². The molecule has 0 spiro atoms. The van der Waals surface area contributed by atoms with Gasteiger partial charge in [0.05, 0.1) is 21.3 Å². The molecule has 0 amide bonds. The monoisotopic (exact) mass is 288 g/mol. The molecular formula is C17H20O4. The Morgan fingerprint density at radius 3 is 2.57 bits per heavy atom. The molecule has 0 fully saturated rings. The van der Waals surface area contributed by atoms with Gasteiger partial charge in [0.25, 0.3) is 0 Å². The van der Waals surface area contributed by atoms with Gasteiger partial charge in [-0.05, 0) is 19.4 Å². The molecule has 4 nitrogen and oxygen atoms in total. The molecule has 0 aromatic heterocycles. The Bertz CT molecular complexity index is 599. The zero-order chi connectivity index (χ0) is 15.4. The first-order valence-electron chi connectivity index (χ1n) is 6.78. The van der Waals surface area contributed by atoms with E-state index >= 15 is 0 Å². The van der Waals surface area contributed by atoms with Crippen molar-refractivity contribution in [1.29, 1.82) is 0 Å². The number of methoxy groups -OCH3 is 3. The van der Waals surface area contributed by atoms with Crippen molar-refractivity contribution >= 4 is 5.97 Å². The number of hydrogen-bond acceptors (Lipinski definition) is 4. The van der Waals surface area contributed by atoms with E-state index < -0.39 is 0 Å². The molecule has 0 radical (unpaired) electrons. The molecule has 0 saturated carbocycles. The van der Waals surface area contributed by atoms with Crippen molar-refractivity contribution in [3.63, 3.8) is 0 Å². The summed E-state index contributed by atoms with van der Waals surface area (Å²) in [6.07, 6.45) is 4.77. The lowest BCUT2D eigenvalue weighted by Gasteiger charge is -2.23. The summed E-state index contributed by atoms with van der Waals surface area (Å²) in [7, 11) is 4.62. The van der Waals surface area contributed by atoms with E-state index in [0.717, 1.165) is 17.7 Å². The van der Waals surface area contributed by atoms with Gasteiger partial charge in [0, 0.05) is 23.1 Å². The van der Waals surface area contributed by atoms with E-state index in [1.54, 1.807) is 14.2 Å². The molecule has 0 N–H and O–H groups in total. The van der Waals surface area contributed by atoms with Crippen molar-refractivity contribution in [2.75, 3.05) is 21.3 Å². The van der Waals surface area contributed by atoms with Crippen LogP contribution in [0.25, 0.3) is 0 Å². The Hall–Kier alpha value is -2.23. The summed E-state index contributed by atoms with van der Waals surface area (Å²) in [5, 5.41) is 0. The van der Waals surface area contributed by atoms with Crippen LogP contribution in [-0.4, -0.2) is 27.3 Å². The lowest BCUT2D eigenvalue weighted by atomic mass is 9.84. The van der Waals surface area contributed by atoms with E-state index in [1.165, 1.54) is 12.7 Å². The molecule has 0 bridgehead atoms. The molecule has 112 valence electrons. The van der Waals surface area contributed by atoms with Gasteiger partial charge in [0.15, 0.2) is 0 Å². The summed E-state index contributed by atoms with van der Waals surface area (Å²) in [5.74, 6) is 0.949. The molecule has 1 atom stereocenters. The second-order valence-electron chi connectivity index (χ2n) is 4.95. The number of carbonyl (C=O) groups excluding carboxylic acids is 1. The normalized spacial score (nSPS) is 17.6. The highest BCUT2D eigenvalue weighted by Crippen LogP contribution is 2.39. The van der Waals surface area contributed by atoms with Gasteiger partial charge in [-0.15, -0.1) is 0 Å². The van der Waals surface area contributed by atoms with Crippen molar-refractivity contribution in [2.24, 2.45) is 0 Å². The second kappa shape index (κ2) is 6.48. The van der Waals surface area contributed by atoms with Crippen molar-refractivity contribution in [3.05, 3.63) is 47.1 Å². The Labute approximate surface area is 125 Å². The van der Waals surface area contributed by atoms with Crippen LogP contribution in [0.5, 0.6) is 11.5 Å². The third-order valence-electron chi connectivity index (χ3n) is 3.63. The van der Waals surface area contributed by atoms with E-state index in [4.69, 9.17) is 14.2 Å². The van der Waals surface area contributed by atoms with Crippen LogP contribution in [0.2, 0.25) is 0 Å². The minimum Gasteiger partial charge on any atom is -0.497 e. The Morgan fingerprint density at radius 1 is 1.19 bits per heavy atom. The van der Waals surface area contributed by atoms with Crippen LogP contribution in [0.3, 0.4) is 0 Å². The highest BCUT2D eigenvalue weighted by Gasteiger charge is 2.26. The quantitative estimate of drug-likeness (QED) is 0.630. The molecule has 1 unspecified atom stereocenters.